The van der Waals surface area contributed by atoms with Crippen molar-refractivity contribution in [1.29, 1.82) is 0 Å². The highest BCUT2D eigenvalue weighted by Crippen LogP contribution is 2.19. The van der Waals surface area contributed by atoms with Crippen LogP contribution in [0, 0.1) is 5.41 Å². The van der Waals surface area contributed by atoms with Gasteiger partial charge in [-0.1, -0.05) is 0 Å². The number of esters is 1. The maximum atomic E-state index is 12.1. The molecule has 1 rings (SSSR count). The molecule has 98 valence electrons. The Morgan fingerprint density at radius 3 is 2.41 bits per heavy atom. The molecule has 5 heteroatoms. The quantitative estimate of drug-likeness (QED) is 0.545. The number of nitrogens with one attached hydrogen (secondary N) is 1. The third-order valence-corrected chi connectivity index (χ3v) is 3.06. The summed E-state index contributed by atoms with van der Waals surface area (Å²) in [5.41, 5.74) is -1.04. The van der Waals surface area contributed by atoms with Crippen molar-refractivity contribution in [1.82, 2.24) is 10.2 Å². The molecule has 0 unspecified atom stereocenters. The molecule has 0 saturated carbocycles. The Kier molecular flexibility index (Phi) is 5.08. The second-order valence-corrected chi connectivity index (χ2v) is 4.79. The number of nitrogens with zero attached hydrogens (tertiary/aromatic N) is 1. The molecule has 0 amide bonds. The summed E-state index contributed by atoms with van der Waals surface area (Å²) in [6.45, 7) is 9.14. The van der Waals surface area contributed by atoms with E-state index in [4.69, 9.17) is 4.74 Å². The number of carbonyl (C=O) groups excluding carboxylic acids is 2. The smallest absolute Gasteiger partial charge is 0.319 e. The van der Waals surface area contributed by atoms with Gasteiger partial charge in [0.2, 0.25) is 0 Å². The number of hydrogen-bond donors (Lipinski definition) is 1. The molecule has 1 saturated heterocycles. The highest BCUT2D eigenvalue weighted by Gasteiger charge is 2.37. The molecule has 0 atom stereocenters. The van der Waals surface area contributed by atoms with Crippen LogP contribution in [0.5, 0.6) is 0 Å². The standard InChI is InChI=1S/C12H22N2O3/c1-4-17-11(16)12(2,3)10(15)9-14-7-5-13-6-8-14/h13H,4-9H2,1-3H3. The topological polar surface area (TPSA) is 58.6 Å². The maximum Gasteiger partial charge on any atom is 0.319 e. The van der Waals surface area contributed by atoms with Gasteiger partial charge in [-0.2, -0.15) is 0 Å². The maximum absolute atomic E-state index is 12.1. The first kappa shape index (κ1) is 14.1. The molecule has 1 aliphatic rings. The first-order valence-corrected chi connectivity index (χ1v) is 6.12. The summed E-state index contributed by atoms with van der Waals surface area (Å²) in [5.74, 6) is -0.502. The summed E-state index contributed by atoms with van der Waals surface area (Å²) >= 11 is 0. The van der Waals surface area contributed by atoms with Crippen molar-refractivity contribution in [3.63, 3.8) is 0 Å². The van der Waals surface area contributed by atoms with Crippen LogP contribution in [-0.2, 0) is 14.3 Å². The van der Waals surface area contributed by atoms with Crippen molar-refractivity contribution >= 4 is 11.8 Å². The molecule has 0 aliphatic carbocycles. The van der Waals surface area contributed by atoms with E-state index in [1.54, 1.807) is 20.8 Å². The SMILES string of the molecule is CCOC(=O)C(C)(C)C(=O)CN1CCNCC1. The zero-order chi connectivity index (χ0) is 12.9. The van der Waals surface area contributed by atoms with Crippen molar-refractivity contribution in [3.05, 3.63) is 0 Å². The van der Waals surface area contributed by atoms with E-state index < -0.39 is 11.4 Å². The van der Waals surface area contributed by atoms with Gasteiger partial charge in [-0.05, 0) is 20.8 Å². The van der Waals surface area contributed by atoms with Crippen LogP contribution in [0.2, 0.25) is 0 Å². The Labute approximate surface area is 102 Å². The fourth-order valence-corrected chi connectivity index (χ4v) is 1.70. The Bertz CT molecular complexity index is 283. The molecule has 1 fully saturated rings. The number of Topliss-reactive ketones (excluding diaryl/α,β-unsaturated/α-hetero) is 1. The molecule has 5 nitrogen and oxygen atoms in total. The zero-order valence-corrected chi connectivity index (χ0v) is 10.9. The van der Waals surface area contributed by atoms with Gasteiger partial charge in [-0.15, -0.1) is 0 Å². The van der Waals surface area contributed by atoms with E-state index in [0.29, 0.717) is 13.2 Å². The number of ketones is 1. The predicted molar refractivity (Wildman–Crippen MR) is 64.7 cm³/mol. The van der Waals surface area contributed by atoms with Crippen molar-refractivity contribution in [2.24, 2.45) is 5.41 Å². The van der Waals surface area contributed by atoms with Gasteiger partial charge in [0.25, 0.3) is 0 Å². The summed E-state index contributed by atoms with van der Waals surface area (Å²) in [7, 11) is 0. The van der Waals surface area contributed by atoms with Crippen molar-refractivity contribution in [2.75, 3.05) is 39.3 Å². The van der Waals surface area contributed by atoms with Crippen LogP contribution in [0.4, 0.5) is 0 Å². The van der Waals surface area contributed by atoms with Crippen LogP contribution in [-0.4, -0.2) is 56.0 Å². The molecule has 0 aromatic carbocycles. The fourth-order valence-electron chi connectivity index (χ4n) is 1.70. The average molecular weight is 242 g/mol. The molecule has 1 N–H and O–H groups in total. The Hall–Kier alpha value is -0.940. The first-order chi connectivity index (χ1) is 7.98. The summed E-state index contributed by atoms with van der Waals surface area (Å²) < 4.78 is 4.93. The number of carbonyl (C=O) groups is 2. The van der Waals surface area contributed by atoms with Gasteiger partial charge in [0.15, 0.2) is 5.78 Å². The van der Waals surface area contributed by atoms with E-state index in [2.05, 4.69) is 10.2 Å². The molecule has 0 spiro atoms. The molecule has 1 aliphatic heterocycles. The number of piperazine rings is 1. The van der Waals surface area contributed by atoms with Crippen molar-refractivity contribution in [2.45, 2.75) is 20.8 Å². The monoisotopic (exact) mass is 242 g/mol. The van der Waals surface area contributed by atoms with Gasteiger partial charge < -0.3 is 10.1 Å². The molecule has 0 aromatic heterocycles. The van der Waals surface area contributed by atoms with E-state index >= 15 is 0 Å². The highest BCUT2D eigenvalue weighted by atomic mass is 16.5. The summed E-state index contributed by atoms with van der Waals surface area (Å²) in [5, 5.41) is 3.23. The van der Waals surface area contributed by atoms with Gasteiger partial charge in [0.05, 0.1) is 13.2 Å². The van der Waals surface area contributed by atoms with Crippen LogP contribution in [0.3, 0.4) is 0 Å². The van der Waals surface area contributed by atoms with E-state index in [-0.39, 0.29) is 5.78 Å². The lowest BCUT2D eigenvalue weighted by molar-refractivity contribution is -0.158. The molecule has 1 heterocycles. The van der Waals surface area contributed by atoms with Gasteiger partial charge in [0, 0.05) is 26.2 Å². The highest BCUT2D eigenvalue weighted by molar-refractivity contribution is 6.03. The van der Waals surface area contributed by atoms with E-state index in [0.717, 1.165) is 26.2 Å². The van der Waals surface area contributed by atoms with Gasteiger partial charge in [0.1, 0.15) is 5.41 Å². The normalized spacial score (nSPS) is 17.8. The lowest BCUT2D eigenvalue weighted by atomic mass is 9.87. The lowest BCUT2D eigenvalue weighted by Gasteiger charge is -2.29. The largest absolute Gasteiger partial charge is 0.465 e. The summed E-state index contributed by atoms with van der Waals surface area (Å²) in [6, 6.07) is 0. The minimum Gasteiger partial charge on any atom is -0.465 e. The third-order valence-electron chi connectivity index (χ3n) is 3.06. The minimum atomic E-state index is -1.04. The van der Waals surface area contributed by atoms with Crippen LogP contribution >= 0.6 is 0 Å². The number of rotatable bonds is 5. The van der Waals surface area contributed by atoms with Crippen LogP contribution < -0.4 is 5.32 Å². The second-order valence-electron chi connectivity index (χ2n) is 4.79. The predicted octanol–water partition coefficient (Wildman–Crippen LogP) is 0.0500. The number of hydrogen-bond acceptors (Lipinski definition) is 5. The molecule has 17 heavy (non-hydrogen) atoms. The van der Waals surface area contributed by atoms with Crippen LogP contribution in [0.15, 0.2) is 0 Å². The summed E-state index contributed by atoms with van der Waals surface area (Å²) in [4.78, 5) is 25.8. The minimum absolute atomic E-state index is 0.0714. The van der Waals surface area contributed by atoms with Gasteiger partial charge in [-0.25, -0.2) is 0 Å². The Morgan fingerprint density at radius 1 is 1.29 bits per heavy atom. The number of ether oxygens (including phenoxy) is 1. The first-order valence-electron chi connectivity index (χ1n) is 6.12. The van der Waals surface area contributed by atoms with Crippen molar-refractivity contribution < 1.29 is 14.3 Å². The second kappa shape index (κ2) is 6.12. The van der Waals surface area contributed by atoms with E-state index in [1.807, 2.05) is 0 Å². The zero-order valence-electron chi connectivity index (χ0n) is 10.9. The molecular weight excluding hydrogens is 220 g/mol. The fraction of sp³-hybridized carbons (Fsp3) is 0.833. The molecule has 0 bridgehead atoms. The molecule has 0 aromatic rings. The summed E-state index contributed by atoms with van der Waals surface area (Å²) in [6.07, 6.45) is 0. The molecule has 0 radical (unpaired) electrons. The van der Waals surface area contributed by atoms with Gasteiger partial charge >= 0.3 is 5.97 Å². The Balaban J connectivity index is 2.52. The van der Waals surface area contributed by atoms with E-state index in [9.17, 15) is 9.59 Å². The van der Waals surface area contributed by atoms with Gasteiger partial charge in [-0.3, -0.25) is 14.5 Å². The molecular formula is C12H22N2O3. The van der Waals surface area contributed by atoms with Crippen molar-refractivity contribution in [3.8, 4) is 0 Å². The van der Waals surface area contributed by atoms with E-state index in [1.165, 1.54) is 0 Å². The third kappa shape index (κ3) is 3.78. The van der Waals surface area contributed by atoms with Crippen LogP contribution in [0.1, 0.15) is 20.8 Å². The van der Waals surface area contributed by atoms with Crippen LogP contribution in [0.25, 0.3) is 0 Å². The Morgan fingerprint density at radius 2 is 1.88 bits per heavy atom. The average Bonchev–Trinajstić information content (AvgIpc) is 2.30. The lowest BCUT2D eigenvalue weighted by Crippen LogP contribution is -2.49.